The molecule has 7 heteroatoms. The molecule has 0 spiro atoms. The molecule has 2 N–H and O–H groups in total. The monoisotopic (exact) mass is 330 g/mol. The van der Waals surface area contributed by atoms with Crippen molar-refractivity contribution in [1.29, 1.82) is 0 Å². The Morgan fingerprint density at radius 3 is 2.79 bits per heavy atom. The van der Waals surface area contributed by atoms with E-state index in [1.807, 2.05) is 12.1 Å². The zero-order chi connectivity index (χ0) is 17.4. The van der Waals surface area contributed by atoms with Gasteiger partial charge in [-0.3, -0.25) is 9.78 Å². The fraction of sp³-hybridized carbons (Fsp3) is 0.235. The number of nitrogens with zero attached hydrogens (tertiary/aromatic N) is 1. The van der Waals surface area contributed by atoms with Gasteiger partial charge in [-0.05, 0) is 24.3 Å². The highest BCUT2D eigenvalue weighted by Gasteiger charge is 2.20. The van der Waals surface area contributed by atoms with Crippen LogP contribution in [-0.4, -0.2) is 41.7 Å². The highest BCUT2D eigenvalue weighted by atomic mass is 16.5. The number of hydrogen-bond acceptors (Lipinski definition) is 5. The maximum atomic E-state index is 12.2. The average molecular weight is 330 g/mol. The Kier molecular flexibility index (Phi) is 6.27. The first-order chi connectivity index (χ1) is 11.6. The number of benzene rings is 1. The number of pyridine rings is 1. The maximum Gasteiger partial charge on any atom is 0.328 e. The van der Waals surface area contributed by atoms with Crippen LogP contribution in [0.5, 0.6) is 5.75 Å². The van der Waals surface area contributed by atoms with Crippen molar-refractivity contribution >= 4 is 11.9 Å². The molecule has 0 radical (unpaired) electrons. The van der Waals surface area contributed by atoms with Gasteiger partial charge in [0.25, 0.3) is 5.91 Å². The molecule has 126 valence electrons. The summed E-state index contributed by atoms with van der Waals surface area (Å²) in [5.74, 6) is -1.16. The van der Waals surface area contributed by atoms with Gasteiger partial charge in [0.15, 0.2) is 6.04 Å². The van der Waals surface area contributed by atoms with Crippen LogP contribution in [0.25, 0.3) is 0 Å². The number of nitrogens with one attached hydrogen (secondary N) is 1. The summed E-state index contributed by atoms with van der Waals surface area (Å²) in [6.07, 6.45) is 3.37. The third kappa shape index (κ3) is 5.06. The third-order valence-corrected chi connectivity index (χ3v) is 3.16. The standard InChI is InChI=1S/C17H18N2O5/c1-23-11-15(17(21)22)19-16(20)13-5-2-6-14(8-13)24-10-12-4-3-7-18-9-12/h2-9,15H,10-11H2,1H3,(H,19,20)(H,21,22)/t15-/m0/s1. The van der Waals surface area contributed by atoms with E-state index in [1.165, 1.54) is 7.11 Å². The second kappa shape index (κ2) is 8.64. The number of carboxylic acid groups (broad SMARTS) is 1. The molecule has 0 aliphatic carbocycles. The van der Waals surface area contributed by atoms with Gasteiger partial charge in [-0.2, -0.15) is 0 Å². The minimum atomic E-state index is -1.16. The van der Waals surface area contributed by atoms with Crippen molar-refractivity contribution in [3.63, 3.8) is 0 Å². The van der Waals surface area contributed by atoms with Crippen molar-refractivity contribution in [2.24, 2.45) is 0 Å². The lowest BCUT2D eigenvalue weighted by Crippen LogP contribution is -2.43. The van der Waals surface area contributed by atoms with E-state index < -0.39 is 17.9 Å². The van der Waals surface area contributed by atoms with Crippen molar-refractivity contribution in [2.75, 3.05) is 13.7 Å². The molecular formula is C17H18N2O5. The van der Waals surface area contributed by atoms with E-state index in [0.717, 1.165) is 5.56 Å². The first-order valence-corrected chi connectivity index (χ1v) is 7.24. The van der Waals surface area contributed by atoms with Gasteiger partial charge in [0.2, 0.25) is 0 Å². The molecule has 0 unspecified atom stereocenters. The molecule has 0 aliphatic heterocycles. The third-order valence-electron chi connectivity index (χ3n) is 3.16. The van der Waals surface area contributed by atoms with Gasteiger partial charge in [-0.15, -0.1) is 0 Å². The van der Waals surface area contributed by atoms with Crippen molar-refractivity contribution in [2.45, 2.75) is 12.6 Å². The molecule has 2 rings (SSSR count). The Morgan fingerprint density at radius 1 is 1.29 bits per heavy atom. The van der Waals surface area contributed by atoms with Crippen LogP contribution >= 0.6 is 0 Å². The molecule has 1 heterocycles. The molecule has 1 aromatic carbocycles. The van der Waals surface area contributed by atoms with Gasteiger partial charge in [0.05, 0.1) is 6.61 Å². The second-order valence-corrected chi connectivity index (χ2v) is 5.00. The largest absolute Gasteiger partial charge is 0.489 e. The molecular weight excluding hydrogens is 312 g/mol. The number of carbonyl (C=O) groups excluding carboxylic acids is 1. The Bertz CT molecular complexity index is 690. The Hall–Kier alpha value is -2.93. The van der Waals surface area contributed by atoms with Crippen LogP contribution in [0.4, 0.5) is 0 Å². The Balaban J connectivity index is 2.00. The molecule has 1 amide bonds. The number of carbonyl (C=O) groups is 2. The number of aromatic nitrogens is 1. The summed E-state index contributed by atoms with van der Waals surface area (Å²) in [7, 11) is 1.37. The van der Waals surface area contributed by atoms with Gasteiger partial charge >= 0.3 is 5.97 Å². The van der Waals surface area contributed by atoms with E-state index in [0.29, 0.717) is 17.9 Å². The summed E-state index contributed by atoms with van der Waals surface area (Å²) in [6.45, 7) is 0.207. The fourth-order valence-electron chi connectivity index (χ4n) is 1.96. The van der Waals surface area contributed by atoms with E-state index in [9.17, 15) is 9.59 Å². The van der Waals surface area contributed by atoms with Gasteiger partial charge in [0, 0.05) is 30.6 Å². The molecule has 0 fully saturated rings. The molecule has 0 aliphatic rings. The number of aliphatic carboxylic acids is 1. The highest BCUT2D eigenvalue weighted by molar-refractivity contribution is 5.96. The normalized spacial score (nSPS) is 11.5. The Morgan fingerprint density at radius 2 is 2.12 bits per heavy atom. The average Bonchev–Trinajstić information content (AvgIpc) is 2.60. The molecule has 24 heavy (non-hydrogen) atoms. The zero-order valence-corrected chi connectivity index (χ0v) is 13.1. The number of carboxylic acids is 1. The number of ether oxygens (including phenoxy) is 2. The predicted octanol–water partition coefficient (Wildman–Crippen LogP) is 1.49. The van der Waals surface area contributed by atoms with Crippen molar-refractivity contribution in [3.05, 3.63) is 59.9 Å². The minimum Gasteiger partial charge on any atom is -0.489 e. The summed E-state index contributed by atoms with van der Waals surface area (Å²) >= 11 is 0. The van der Waals surface area contributed by atoms with E-state index in [1.54, 1.807) is 36.7 Å². The van der Waals surface area contributed by atoms with Gasteiger partial charge in [-0.25, -0.2) is 4.79 Å². The Labute approximate surface area is 139 Å². The summed E-state index contributed by atoms with van der Waals surface area (Å²) in [4.78, 5) is 27.2. The lowest BCUT2D eigenvalue weighted by Gasteiger charge is -2.14. The van der Waals surface area contributed by atoms with Crippen LogP contribution in [0.3, 0.4) is 0 Å². The van der Waals surface area contributed by atoms with Crippen molar-refractivity contribution < 1.29 is 24.2 Å². The molecule has 0 saturated carbocycles. The lowest BCUT2D eigenvalue weighted by atomic mass is 10.2. The quantitative estimate of drug-likeness (QED) is 0.761. The van der Waals surface area contributed by atoms with E-state index in [4.69, 9.17) is 14.6 Å². The maximum absolute atomic E-state index is 12.2. The molecule has 1 atom stereocenters. The topological polar surface area (TPSA) is 97.8 Å². The zero-order valence-electron chi connectivity index (χ0n) is 13.1. The van der Waals surface area contributed by atoms with Gasteiger partial charge in [-0.1, -0.05) is 12.1 Å². The number of methoxy groups -OCH3 is 1. The first kappa shape index (κ1) is 17.4. The van der Waals surface area contributed by atoms with Gasteiger partial charge < -0.3 is 19.9 Å². The van der Waals surface area contributed by atoms with Gasteiger partial charge in [0.1, 0.15) is 12.4 Å². The first-order valence-electron chi connectivity index (χ1n) is 7.24. The molecule has 0 saturated heterocycles. The van der Waals surface area contributed by atoms with E-state index in [2.05, 4.69) is 10.3 Å². The summed E-state index contributed by atoms with van der Waals surface area (Å²) in [6, 6.07) is 9.10. The van der Waals surface area contributed by atoms with E-state index in [-0.39, 0.29) is 6.61 Å². The highest BCUT2D eigenvalue weighted by Crippen LogP contribution is 2.15. The van der Waals surface area contributed by atoms with Crippen LogP contribution in [0, 0.1) is 0 Å². The summed E-state index contributed by atoms with van der Waals surface area (Å²) < 4.78 is 10.4. The SMILES string of the molecule is COC[C@H](NC(=O)c1cccc(OCc2cccnc2)c1)C(=O)O. The summed E-state index contributed by atoms with van der Waals surface area (Å²) in [5, 5.41) is 11.4. The predicted molar refractivity (Wildman–Crippen MR) is 85.8 cm³/mol. The molecule has 7 nitrogen and oxygen atoms in total. The van der Waals surface area contributed by atoms with E-state index >= 15 is 0 Å². The van der Waals surface area contributed by atoms with Crippen LogP contribution in [-0.2, 0) is 16.1 Å². The van der Waals surface area contributed by atoms with Crippen LogP contribution in [0.1, 0.15) is 15.9 Å². The minimum absolute atomic E-state index is 0.113. The molecule has 1 aromatic heterocycles. The number of hydrogen-bond donors (Lipinski definition) is 2. The van der Waals surface area contributed by atoms with Crippen molar-refractivity contribution in [3.8, 4) is 5.75 Å². The number of rotatable bonds is 8. The summed E-state index contributed by atoms with van der Waals surface area (Å²) in [5.41, 5.74) is 1.21. The fourth-order valence-corrected chi connectivity index (χ4v) is 1.96. The lowest BCUT2D eigenvalue weighted by molar-refractivity contribution is -0.140. The van der Waals surface area contributed by atoms with Crippen LogP contribution in [0.2, 0.25) is 0 Å². The van der Waals surface area contributed by atoms with Crippen molar-refractivity contribution in [1.82, 2.24) is 10.3 Å². The number of amides is 1. The molecule has 0 bridgehead atoms. The second-order valence-electron chi connectivity index (χ2n) is 5.00. The smallest absolute Gasteiger partial charge is 0.328 e. The van der Waals surface area contributed by atoms with Crippen LogP contribution < -0.4 is 10.1 Å². The van der Waals surface area contributed by atoms with Crippen LogP contribution in [0.15, 0.2) is 48.8 Å². The molecule has 2 aromatic rings.